The SMILES string of the molecule is CC1(C)N=C(c2ccc3ccccc3n2)c2ccccc2C1(F)F. The Kier molecular flexibility index (Phi) is 3.07. The van der Waals surface area contributed by atoms with E-state index < -0.39 is 11.5 Å². The van der Waals surface area contributed by atoms with Gasteiger partial charge in [-0.15, -0.1) is 0 Å². The van der Waals surface area contributed by atoms with Crippen molar-refractivity contribution < 1.29 is 8.78 Å². The normalized spacial score (nSPS) is 18.1. The highest BCUT2D eigenvalue weighted by atomic mass is 19.3. The summed E-state index contributed by atoms with van der Waals surface area (Å²) in [6.07, 6.45) is 0. The Morgan fingerprint density at radius 1 is 0.833 bits per heavy atom. The van der Waals surface area contributed by atoms with Crippen molar-refractivity contribution in [1.82, 2.24) is 4.98 Å². The summed E-state index contributed by atoms with van der Waals surface area (Å²) in [6.45, 7) is 2.92. The molecule has 0 atom stereocenters. The molecule has 1 aromatic heterocycles. The molecule has 0 radical (unpaired) electrons. The molecule has 0 unspecified atom stereocenters. The summed E-state index contributed by atoms with van der Waals surface area (Å²) in [5, 5.41) is 1.01. The van der Waals surface area contributed by atoms with Gasteiger partial charge in [0.25, 0.3) is 5.92 Å². The van der Waals surface area contributed by atoms with E-state index >= 15 is 0 Å². The molecule has 24 heavy (non-hydrogen) atoms. The van der Waals surface area contributed by atoms with Crippen LogP contribution >= 0.6 is 0 Å². The zero-order valence-corrected chi connectivity index (χ0v) is 13.4. The van der Waals surface area contributed by atoms with Gasteiger partial charge in [0, 0.05) is 16.5 Å². The van der Waals surface area contributed by atoms with Crippen LogP contribution < -0.4 is 0 Å². The zero-order chi connectivity index (χ0) is 16.9. The number of para-hydroxylation sites is 1. The molecule has 0 saturated carbocycles. The summed E-state index contributed by atoms with van der Waals surface area (Å²) >= 11 is 0. The third-order valence-electron chi connectivity index (χ3n) is 4.52. The molecule has 0 saturated heterocycles. The second kappa shape index (κ2) is 4.94. The number of aliphatic imine (C=N–C) groups is 1. The summed E-state index contributed by atoms with van der Waals surface area (Å²) in [7, 11) is 0. The van der Waals surface area contributed by atoms with Crippen molar-refractivity contribution in [3.63, 3.8) is 0 Å². The largest absolute Gasteiger partial charge is 0.297 e. The Labute approximate surface area is 138 Å². The number of hydrogen-bond acceptors (Lipinski definition) is 2. The lowest BCUT2D eigenvalue weighted by atomic mass is 9.82. The lowest BCUT2D eigenvalue weighted by Crippen LogP contribution is -2.44. The first-order valence-corrected chi connectivity index (χ1v) is 7.84. The van der Waals surface area contributed by atoms with Crippen molar-refractivity contribution >= 4 is 16.6 Å². The number of halogens is 2. The minimum Gasteiger partial charge on any atom is -0.270 e. The molecule has 0 bridgehead atoms. The fourth-order valence-electron chi connectivity index (χ4n) is 3.10. The Morgan fingerprint density at radius 2 is 1.54 bits per heavy atom. The van der Waals surface area contributed by atoms with Crippen LogP contribution in [0.2, 0.25) is 0 Å². The van der Waals surface area contributed by atoms with E-state index in [4.69, 9.17) is 0 Å². The first-order chi connectivity index (χ1) is 11.4. The standard InChI is InChI=1S/C20H16F2N2/c1-19(2)20(21,22)15-9-5-4-8-14(15)18(24-19)17-12-11-13-7-3-6-10-16(13)23-17/h3-12H,1-2H3. The van der Waals surface area contributed by atoms with E-state index in [1.807, 2.05) is 36.4 Å². The Morgan fingerprint density at radius 3 is 2.38 bits per heavy atom. The molecule has 1 aliphatic heterocycles. The van der Waals surface area contributed by atoms with Gasteiger partial charge in [0.05, 0.1) is 16.9 Å². The minimum absolute atomic E-state index is 0.00922. The van der Waals surface area contributed by atoms with Crippen LogP contribution in [0, 0.1) is 0 Å². The zero-order valence-electron chi connectivity index (χ0n) is 13.4. The van der Waals surface area contributed by atoms with Gasteiger partial charge in [-0.1, -0.05) is 48.5 Å². The van der Waals surface area contributed by atoms with Crippen LogP contribution in [0.25, 0.3) is 10.9 Å². The quantitative estimate of drug-likeness (QED) is 0.622. The van der Waals surface area contributed by atoms with Crippen LogP contribution in [0.15, 0.2) is 65.7 Å². The van der Waals surface area contributed by atoms with Gasteiger partial charge in [-0.25, -0.2) is 4.98 Å². The number of alkyl halides is 2. The molecule has 2 nitrogen and oxygen atoms in total. The van der Waals surface area contributed by atoms with Crippen molar-refractivity contribution in [2.75, 3.05) is 0 Å². The summed E-state index contributed by atoms with van der Waals surface area (Å²) in [5.41, 5.74) is 0.895. The van der Waals surface area contributed by atoms with Gasteiger partial charge in [0.2, 0.25) is 0 Å². The van der Waals surface area contributed by atoms with Crippen molar-refractivity contribution in [2.45, 2.75) is 25.3 Å². The van der Waals surface area contributed by atoms with Gasteiger partial charge in [-0.2, -0.15) is 8.78 Å². The Balaban J connectivity index is 1.98. The van der Waals surface area contributed by atoms with Gasteiger partial charge in [-0.3, -0.25) is 4.99 Å². The number of pyridine rings is 1. The Hall–Kier alpha value is -2.62. The number of aromatic nitrogens is 1. The monoisotopic (exact) mass is 322 g/mol. The van der Waals surface area contributed by atoms with E-state index in [1.165, 1.54) is 19.9 Å². The predicted octanol–water partition coefficient (Wildman–Crippen LogP) is 4.96. The summed E-state index contributed by atoms with van der Waals surface area (Å²) in [5.74, 6) is -3.02. The van der Waals surface area contributed by atoms with Crippen LogP contribution in [0.3, 0.4) is 0 Å². The lowest BCUT2D eigenvalue weighted by Gasteiger charge is -2.37. The van der Waals surface area contributed by atoms with Crippen LogP contribution in [-0.4, -0.2) is 16.2 Å². The van der Waals surface area contributed by atoms with Crippen LogP contribution in [0.1, 0.15) is 30.7 Å². The van der Waals surface area contributed by atoms with Gasteiger partial charge in [0.1, 0.15) is 5.54 Å². The highest BCUT2D eigenvalue weighted by Crippen LogP contribution is 2.46. The molecule has 0 amide bonds. The smallest absolute Gasteiger partial charge is 0.270 e. The van der Waals surface area contributed by atoms with Crippen molar-refractivity contribution in [3.8, 4) is 0 Å². The molecule has 0 fully saturated rings. The molecule has 0 spiro atoms. The molecule has 4 rings (SSSR count). The van der Waals surface area contributed by atoms with Crippen LogP contribution in [0.5, 0.6) is 0 Å². The maximum Gasteiger partial charge on any atom is 0.297 e. The maximum absolute atomic E-state index is 14.8. The van der Waals surface area contributed by atoms with E-state index in [2.05, 4.69) is 9.98 Å². The van der Waals surface area contributed by atoms with Crippen molar-refractivity contribution in [1.29, 1.82) is 0 Å². The minimum atomic E-state index is -3.02. The number of nitrogens with zero attached hydrogens (tertiary/aromatic N) is 2. The summed E-state index contributed by atoms with van der Waals surface area (Å²) < 4.78 is 29.6. The average molecular weight is 322 g/mol. The Bertz CT molecular complexity index is 974. The first kappa shape index (κ1) is 14.9. The summed E-state index contributed by atoms with van der Waals surface area (Å²) in [6, 6.07) is 18.1. The number of rotatable bonds is 1. The van der Waals surface area contributed by atoms with E-state index in [9.17, 15) is 8.78 Å². The maximum atomic E-state index is 14.8. The first-order valence-electron chi connectivity index (χ1n) is 7.84. The molecular formula is C20H16F2N2. The molecule has 2 heterocycles. The molecule has 2 aromatic carbocycles. The van der Waals surface area contributed by atoms with E-state index in [-0.39, 0.29) is 5.56 Å². The fraction of sp³-hybridized carbons (Fsp3) is 0.200. The molecule has 120 valence electrons. The van der Waals surface area contributed by atoms with Gasteiger partial charge in [0.15, 0.2) is 0 Å². The molecule has 1 aliphatic rings. The molecule has 4 heteroatoms. The van der Waals surface area contributed by atoms with Crippen LogP contribution in [0.4, 0.5) is 8.78 Å². The second-order valence-electron chi connectivity index (χ2n) is 6.53. The fourth-order valence-corrected chi connectivity index (χ4v) is 3.10. The van der Waals surface area contributed by atoms with Gasteiger partial charge < -0.3 is 0 Å². The second-order valence-corrected chi connectivity index (χ2v) is 6.53. The van der Waals surface area contributed by atoms with Gasteiger partial charge in [-0.05, 0) is 26.0 Å². The molecule has 0 N–H and O–H groups in total. The van der Waals surface area contributed by atoms with E-state index in [0.717, 1.165) is 10.9 Å². The number of hydrogen-bond donors (Lipinski definition) is 0. The topological polar surface area (TPSA) is 25.2 Å². The highest BCUT2D eigenvalue weighted by molar-refractivity contribution is 6.14. The predicted molar refractivity (Wildman–Crippen MR) is 91.8 cm³/mol. The molecule has 0 aliphatic carbocycles. The lowest BCUT2D eigenvalue weighted by molar-refractivity contribution is -0.0682. The summed E-state index contributed by atoms with van der Waals surface area (Å²) in [4.78, 5) is 9.02. The average Bonchev–Trinajstić information content (AvgIpc) is 2.58. The van der Waals surface area contributed by atoms with E-state index in [0.29, 0.717) is 17.0 Å². The third kappa shape index (κ3) is 2.06. The van der Waals surface area contributed by atoms with E-state index in [1.54, 1.807) is 18.2 Å². The molecule has 3 aromatic rings. The molecular weight excluding hydrogens is 306 g/mol. The van der Waals surface area contributed by atoms with Gasteiger partial charge >= 0.3 is 0 Å². The van der Waals surface area contributed by atoms with Crippen molar-refractivity contribution in [2.24, 2.45) is 4.99 Å². The third-order valence-corrected chi connectivity index (χ3v) is 4.52. The van der Waals surface area contributed by atoms with Crippen molar-refractivity contribution in [3.05, 3.63) is 77.5 Å². The highest BCUT2D eigenvalue weighted by Gasteiger charge is 2.52. The van der Waals surface area contributed by atoms with Crippen LogP contribution in [-0.2, 0) is 5.92 Å². The number of fused-ring (bicyclic) bond motifs is 2. The number of benzene rings is 2.